The Morgan fingerprint density at radius 2 is 1.96 bits per heavy atom. The predicted octanol–water partition coefficient (Wildman–Crippen LogP) is 1.72. The van der Waals surface area contributed by atoms with Crippen LogP contribution in [-0.4, -0.2) is 38.1 Å². The maximum Gasteiger partial charge on any atom is 0.338 e. The Labute approximate surface area is 136 Å². The number of amides is 1. The molecule has 6 heteroatoms. The number of rotatable bonds is 6. The van der Waals surface area contributed by atoms with Crippen molar-refractivity contribution in [2.45, 2.75) is 25.3 Å². The van der Waals surface area contributed by atoms with Crippen LogP contribution in [-0.2, 0) is 9.53 Å². The standard InChI is InChI=1S/C17H21N3O3/c1-17(11-18,13-6-7-13)19-15(21)10-23-16(22)12-4-8-14(9-5-12)20(2)3/h4-5,8-9,13H,6-7,10H2,1-3H3,(H,19,21)/t17-/m1/s1. The molecule has 0 bridgehead atoms. The second-order valence-corrected chi connectivity index (χ2v) is 6.15. The molecule has 0 spiro atoms. The fourth-order valence-corrected chi connectivity index (χ4v) is 2.32. The summed E-state index contributed by atoms with van der Waals surface area (Å²) in [6, 6.07) is 9.04. The van der Waals surface area contributed by atoms with Crippen molar-refractivity contribution in [1.29, 1.82) is 5.26 Å². The SMILES string of the molecule is CN(C)c1ccc(C(=O)OCC(=O)N[C@](C)(C#N)C2CC2)cc1. The van der Waals surface area contributed by atoms with Crippen LogP contribution in [0.4, 0.5) is 5.69 Å². The number of hydrogen-bond acceptors (Lipinski definition) is 5. The van der Waals surface area contributed by atoms with Gasteiger partial charge in [-0.1, -0.05) is 0 Å². The molecule has 0 unspecified atom stereocenters. The summed E-state index contributed by atoms with van der Waals surface area (Å²) in [5.41, 5.74) is 0.471. The van der Waals surface area contributed by atoms with Crippen molar-refractivity contribution >= 4 is 17.6 Å². The zero-order valence-corrected chi connectivity index (χ0v) is 13.6. The lowest BCUT2D eigenvalue weighted by molar-refractivity contribution is -0.125. The summed E-state index contributed by atoms with van der Waals surface area (Å²) >= 11 is 0. The van der Waals surface area contributed by atoms with Crippen LogP contribution in [0.15, 0.2) is 24.3 Å². The van der Waals surface area contributed by atoms with Crippen LogP contribution in [0.2, 0.25) is 0 Å². The molecule has 0 saturated heterocycles. The van der Waals surface area contributed by atoms with Gasteiger partial charge in [0.2, 0.25) is 0 Å². The first-order chi connectivity index (χ1) is 10.9. The van der Waals surface area contributed by atoms with Crippen molar-refractivity contribution in [2.24, 2.45) is 5.92 Å². The number of nitrogens with zero attached hydrogens (tertiary/aromatic N) is 2. The summed E-state index contributed by atoms with van der Waals surface area (Å²) in [7, 11) is 3.81. The molecule has 0 radical (unpaired) electrons. The molecular formula is C17H21N3O3. The lowest BCUT2D eigenvalue weighted by atomic mass is 9.98. The minimum atomic E-state index is -0.878. The highest BCUT2D eigenvalue weighted by Gasteiger charge is 2.43. The van der Waals surface area contributed by atoms with Gasteiger partial charge in [-0.25, -0.2) is 4.79 Å². The van der Waals surface area contributed by atoms with Crippen molar-refractivity contribution in [3.05, 3.63) is 29.8 Å². The van der Waals surface area contributed by atoms with E-state index in [-0.39, 0.29) is 5.92 Å². The maximum absolute atomic E-state index is 11.9. The monoisotopic (exact) mass is 315 g/mol. The summed E-state index contributed by atoms with van der Waals surface area (Å²) in [5.74, 6) is -0.833. The smallest absolute Gasteiger partial charge is 0.338 e. The van der Waals surface area contributed by atoms with Gasteiger partial charge in [-0.15, -0.1) is 0 Å². The second-order valence-electron chi connectivity index (χ2n) is 6.15. The first kappa shape index (κ1) is 16.8. The molecule has 1 aromatic rings. The van der Waals surface area contributed by atoms with E-state index in [4.69, 9.17) is 4.74 Å². The minimum Gasteiger partial charge on any atom is -0.452 e. The zero-order chi connectivity index (χ0) is 17.0. The Bertz CT molecular complexity index is 629. The van der Waals surface area contributed by atoms with Gasteiger partial charge in [0.15, 0.2) is 6.61 Å². The van der Waals surface area contributed by atoms with Gasteiger partial charge in [-0.2, -0.15) is 5.26 Å². The van der Waals surface area contributed by atoms with Crippen molar-refractivity contribution < 1.29 is 14.3 Å². The van der Waals surface area contributed by atoms with Gasteiger partial charge in [0.25, 0.3) is 5.91 Å². The summed E-state index contributed by atoms with van der Waals surface area (Å²) in [6.45, 7) is 1.31. The quantitative estimate of drug-likeness (QED) is 0.808. The van der Waals surface area contributed by atoms with E-state index in [1.54, 1.807) is 31.2 Å². The summed E-state index contributed by atoms with van der Waals surface area (Å²) in [4.78, 5) is 25.7. The van der Waals surface area contributed by atoms with Gasteiger partial charge in [-0.3, -0.25) is 4.79 Å². The molecule has 0 heterocycles. The number of anilines is 1. The fraction of sp³-hybridized carbons (Fsp3) is 0.471. The number of carbonyl (C=O) groups excluding carboxylic acids is 2. The van der Waals surface area contributed by atoms with Crippen LogP contribution in [0, 0.1) is 17.2 Å². The van der Waals surface area contributed by atoms with Crippen molar-refractivity contribution in [2.75, 3.05) is 25.6 Å². The third kappa shape index (κ3) is 4.22. The van der Waals surface area contributed by atoms with Crippen LogP contribution >= 0.6 is 0 Å². The van der Waals surface area contributed by atoms with Gasteiger partial charge in [0.05, 0.1) is 11.6 Å². The van der Waals surface area contributed by atoms with E-state index in [9.17, 15) is 14.9 Å². The van der Waals surface area contributed by atoms with Crippen LogP contribution < -0.4 is 10.2 Å². The van der Waals surface area contributed by atoms with E-state index in [0.717, 1.165) is 18.5 Å². The molecule has 2 rings (SSSR count). The zero-order valence-electron chi connectivity index (χ0n) is 13.6. The Kier molecular flexibility index (Phi) is 4.89. The summed E-state index contributed by atoms with van der Waals surface area (Å²) in [5, 5.41) is 11.8. The summed E-state index contributed by atoms with van der Waals surface area (Å²) in [6.07, 6.45) is 1.87. The number of ether oxygens (including phenoxy) is 1. The largest absolute Gasteiger partial charge is 0.452 e. The molecule has 1 amide bonds. The number of nitriles is 1. The van der Waals surface area contributed by atoms with Crippen LogP contribution in [0.5, 0.6) is 0 Å². The molecule has 1 fully saturated rings. The predicted molar refractivity (Wildman–Crippen MR) is 85.9 cm³/mol. The molecule has 122 valence electrons. The number of esters is 1. The van der Waals surface area contributed by atoms with E-state index < -0.39 is 24.0 Å². The molecular weight excluding hydrogens is 294 g/mol. The highest BCUT2D eigenvalue weighted by Crippen LogP contribution is 2.39. The molecule has 23 heavy (non-hydrogen) atoms. The lowest BCUT2D eigenvalue weighted by Crippen LogP contribution is -2.48. The molecule has 1 atom stereocenters. The van der Waals surface area contributed by atoms with Crippen LogP contribution in [0.1, 0.15) is 30.1 Å². The Morgan fingerprint density at radius 1 is 1.35 bits per heavy atom. The topological polar surface area (TPSA) is 82.4 Å². The van der Waals surface area contributed by atoms with Gasteiger partial charge in [0, 0.05) is 19.8 Å². The number of nitrogens with one attached hydrogen (secondary N) is 1. The Balaban J connectivity index is 1.86. The Hall–Kier alpha value is -2.55. The van der Waals surface area contributed by atoms with Gasteiger partial charge >= 0.3 is 5.97 Å². The molecule has 1 aromatic carbocycles. The van der Waals surface area contributed by atoms with E-state index in [1.165, 1.54) is 0 Å². The number of carbonyl (C=O) groups is 2. The van der Waals surface area contributed by atoms with E-state index in [2.05, 4.69) is 11.4 Å². The molecule has 1 N–H and O–H groups in total. The molecule has 6 nitrogen and oxygen atoms in total. The maximum atomic E-state index is 11.9. The van der Waals surface area contributed by atoms with E-state index >= 15 is 0 Å². The average molecular weight is 315 g/mol. The molecule has 0 aliphatic heterocycles. The number of benzene rings is 1. The highest BCUT2D eigenvalue weighted by molar-refractivity contribution is 5.91. The second kappa shape index (κ2) is 6.69. The number of hydrogen-bond donors (Lipinski definition) is 1. The molecule has 1 saturated carbocycles. The van der Waals surface area contributed by atoms with Gasteiger partial charge < -0.3 is 15.0 Å². The normalized spacial score (nSPS) is 15.9. The van der Waals surface area contributed by atoms with Crippen molar-refractivity contribution in [3.63, 3.8) is 0 Å². The highest BCUT2D eigenvalue weighted by atomic mass is 16.5. The van der Waals surface area contributed by atoms with Crippen molar-refractivity contribution in [1.82, 2.24) is 5.32 Å². The van der Waals surface area contributed by atoms with Crippen LogP contribution in [0.25, 0.3) is 0 Å². The van der Waals surface area contributed by atoms with E-state index in [1.807, 2.05) is 19.0 Å². The molecule has 1 aliphatic carbocycles. The third-order valence-corrected chi connectivity index (χ3v) is 3.98. The van der Waals surface area contributed by atoms with Crippen molar-refractivity contribution in [3.8, 4) is 6.07 Å². The van der Waals surface area contributed by atoms with Crippen LogP contribution in [0.3, 0.4) is 0 Å². The van der Waals surface area contributed by atoms with E-state index in [0.29, 0.717) is 5.56 Å². The van der Waals surface area contributed by atoms with Gasteiger partial charge in [-0.05, 0) is 49.9 Å². The lowest BCUT2D eigenvalue weighted by Gasteiger charge is -2.22. The molecule has 1 aliphatic rings. The Morgan fingerprint density at radius 3 is 2.43 bits per heavy atom. The fourth-order valence-electron chi connectivity index (χ4n) is 2.32. The first-order valence-corrected chi connectivity index (χ1v) is 7.52. The third-order valence-electron chi connectivity index (χ3n) is 3.98. The van der Waals surface area contributed by atoms with Gasteiger partial charge in [0.1, 0.15) is 5.54 Å². The molecule has 0 aromatic heterocycles. The summed E-state index contributed by atoms with van der Waals surface area (Å²) < 4.78 is 5.01. The minimum absolute atomic E-state index is 0.186. The first-order valence-electron chi connectivity index (χ1n) is 7.52. The average Bonchev–Trinajstić information content (AvgIpc) is 3.38.